The Morgan fingerprint density at radius 2 is 2.21 bits per heavy atom. The van der Waals surface area contributed by atoms with Crippen molar-refractivity contribution in [1.29, 1.82) is 0 Å². The zero-order chi connectivity index (χ0) is 19.3. The number of carbonyl (C=O) groups is 1. The van der Waals surface area contributed by atoms with E-state index >= 15 is 0 Å². The maximum atomic E-state index is 13.1. The van der Waals surface area contributed by atoms with Gasteiger partial charge in [-0.05, 0) is 42.9 Å². The molecule has 2 saturated heterocycles. The van der Waals surface area contributed by atoms with Gasteiger partial charge in [-0.15, -0.1) is 0 Å². The second-order valence-electron chi connectivity index (χ2n) is 8.52. The van der Waals surface area contributed by atoms with E-state index in [2.05, 4.69) is 20.1 Å². The fraction of sp³-hybridized carbons (Fsp3) is 0.550. The van der Waals surface area contributed by atoms with Crippen LogP contribution in [0.15, 0.2) is 23.1 Å². The van der Waals surface area contributed by atoms with Crippen LogP contribution in [-0.4, -0.2) is 68.8 Å². The second kappa shape index (κ2) is 6.56. The van der Waals surface area contributed by atoms with Gasteiger partial charge >= 0.3 is 0 Å². The van der Waals surface area contributed by atoms with Gasteiger partial charge in [0.15, 0.2) is 0 Å². The van der Waals surface area contributed by atoms with Gasteiger partial charge in [0.2, 0.25) is 0 Å². The van der Waals surface area contributed by atoms with Gasteiger partial charge in [-0.25, -0.2) is 0 Å². The molecule has 0 radical (unpaired) electrons. The molecular weight excluding hydrogens is 358 g/mol. The molecule has 0 bridgehead atoms. The molecule has 1 aliphatic carbocycles. The number of fused-ring (bicyclic) bond motifs is 2. The molecule has 0 spiro atoms. The van der Waals surface area contributed by atoms with Gasteiger partial charge < -0.3 is 15.0 Å². The highest BCUT2D eigenvalue weighted by Gasteiger charge is 2.53. The van der Waals surface area contributed by atoms with Gasteiger partial charge in [-0.2, -0.15) is 5.10 Å². The summed E-state index contributed by atoms with van der Waals surface area (Å²) in [4.78, 5) is 32.5. The highest BCUT2D eigenvalue weighted by Crippen LogP contribution is 2.42. The molecule has 0 aromatic carbocycles. The first-order valence-corrected chi connectivity index (χ1v) is 9.94. The van der Waals surface area contributed by atoms with Gasteiger partial charge in [-0.1, -0.05) is 0 Å². The first-order chi connectivity index (χ1) is 13.6. The number of nitrogens with zero attached hydrogens (tertiary/aromatic N) is 3. The summed E-state index contributed by atoms with van der Waals surface area (Å²) in [6, 6.07) is 3.74. The lowest BCUT2D eigenvalue weighted by atomic mass is 9.82. The Morgan fingerprint density at radius 3 is 2.96 bits per heavy atom. The lowest BCUT2D eigenvalue weighted by Crippen LogP contribution is -2.40. The molecule has 4 heterocycles. The van der Waals surface area contributed by atoms with Crippen LogP contribution in [0.1, 0.15) is 33.7 Å². The molecule has 2 aliphatic heterocycles. The van der Waals surface area contributed by atoms with E-state index in [0.29, 0.717) is 13.1 Å². The standard InChI is InChI=1S/C20H25N5O3/c26-12-20-10-24(9-15-4-5-21-23-15)7-14(20)8-25(11-20)19(28)16-6-13-2-1-3-17(13)22-18(16)27/h4-6,14,26H,1-3,7-12H2,(H,21,23)(H,22,27). The van der Waals surface area contributed by atoms with Gasteiger partial charge in [0.05, 0.1) is 6.61 Å². The lowest BCUT2D eigenvalue weighted by molar-refractivity contribution is 0.0716. The third-order valence-electron chi connectivity index (χ3n) is 6.70. The van der Waals surface area contributed by atoms with Crippen LogP contribution in [0.5, 0.6) is 0 Å². The van der Waals surface area contributed by atoms with Crippen LogP contribution in [0.25, 0.3) is 0 Å². The average Bonchev–Trinajstić information content (AvgIpc) is 3.43. The number of nitrogens with one attached hydrogen (secondary N) is 2. The number of hydrogen-bond acceptors (Lipinski definition) is 5. The largest absolute Gasteiger partial charge is 0.396 e. The van der Waals surface area contributed by atoms with Gasteiger partial charge in [0.25, 0.3) is 11.5 Å². The Morgan fingerprint density at radius 1 is 1.32 bits per heavy atom. The highest BCUT2D eigenvalue weighted by atomic mass is 16.3. The summed E-state index contributed by atoms with van der Waals surface area (Å²) in [5, 5.41) is 17.1. The molecule has 148 valence electrons. The summed E-state index contributed by atoms with van der Waals surface area (Å²) >= 11 is 0. The van der Waals surface area contributed by atoms with E-state index in [1.807, 2.05) is 6.07 Å². The predicted octanol–water partition coefficient (Wildman–Crippen LogP) is 0.153. The number of rotatable bonds is 4. The van der Waals surface area contributed by atoms with Crippen molar-refractivity contribution >= 4 is 5.91 Å². The molecule has 2 atom stereocenters. The zero-order valence-corrected chi connectivity index (χ0v) is 15.8. The van der Waals surface area contributed by atoms with E-state index in [9.17, 15) is 14.7 Å². The molecule has 3 N–H and O–H groups in total. The summed E-state index contributed by atoms with van der Waals surface area (Å²) in [5.41, 5.74) is 2.74. The number of pyridine rings is 1. The van der Waals surface area contributed by atoms with Crippen molar-refractivity contribution in [3.05, 3.63) is 51.2 Å². The zero-order valence-electron chi connectivity index (χ0n) is 15.8. The molecular formula is C20H25N5O3. The van der Waals surface area contributed by atoms with Crippen molar-refractivity contribution in [2.75, 3.05) is 32.8 Å². The molecule has 28 heavy (non-hydrogen) atoms. The number of aromatic amines is 2. The van der Waals surface area contributed by atoms with Crippen LogP contribution in [0.3, 0.4) is 0 Å². The van der Waals surface area contributed by atoms with E-state index < -0.39 is 0 Å². The fourth-order valence-corrected chi connectivity index (χ4v) is 5.25. The minimum absolute atomic E-state index is 0.0431. The summed E-state index contributed by atoms with van der Waals surface area (Å²) in [6.07, 6.45) is 4.56. The molecule has 2 aromatic heterocycles. The van der Waals surface area contributed by atoms with E-state index in [0.717, 1.165) is 55.8 Å². The predicted molar refractivity (Wildman–Crippen MR) is 102 cm³/mol. The summed E-state index contributed by atoms with van der Waals surface area (Å²) in [5.74, 6) is -0.00354. The summed E-state index contributed by atoms with van der Waals surface area (Å²) < 4.78 is 0. The topological polar surface area (TPSA) is 105 Å². The monoisotopic (exact) mass is 383 g/mol. The van der Waals surface area contributed by atoms with Crippen molar-refractivity contribution < 1.29 is 9.90 Å². The molecule has 2 unspecified atom stereocenters. The highest BCUT2D eigenvalue weighted by molar-refractivity contribution is 5.94. The summed E-state index contributed by atoms with van der Waals surface area (Å²) in [7, 11) is 0. The van der Waals surface area contributed by atoms with E-state index in [-0.39, 0.29) is 35.0 Å². The number of aryl methyl sites for hydroxylation is 2. The maximum absolute atomic E-state index is 13.1. The number of aliphatic hydroxyl groups is 1. The number of H-pyrrole nitrogens is 2. The molecule has 8 nitrogen and oxygen atoms in total. The molecule has 8 heteroatoms. The second-order valence-corrected chi connectivity index (χ2v) is 8.52. The smallest absolute Gasteiger partial charge is 0.261 e. The van der Waals surface area contributed by atoms with Crippen LogP contribution in [0.2, 0.25) is 0 Å². The number of amides is 1. The number of aromatic nitrogens is 3. The van der Waals surface area contributed by atoms with Crippen molar-refractivity contribution in [3.63, 3.8) is 0 Å². The first kappa shape index (κ1) is 17.6. The first-order valence-electron chi connectivity index (χ1n) is 9.94. The van der Waals surface area contributed by atoms with Crippen LogP contribution >= 0.6 is 0 Å². The minimum atomic E-state index is -0.320. The maximum Gasteiger partial charge on any atom is 0.261 e. The molecule has 5 rings (SSSR count). The fourth-order valence-electron chi connectivity index (χ4n) is 5.25. The Hall–Kier alpha value is -2.45. The Labute approximate surface area is 162 Å². The number of hydrogen-bond donors (Lipinski definition) is 3. The minimum Gasteiger partial charge on any atom is -0.396 e. The van der Waals surface area contributed by atoms with Crippen LogP contribution in [0, 0.1) is 11.3 Å². The average molecular weight is 383 g/mol. The Balaban J connectivity index is 1.33. The van der Waals surface area contributed by atoms with Crippen molar-refractivity contribution in [3.8, 4) is 0 Å². The quantitative estimate of drug-likeness (QED) is 0.697. The Bertz CT molecular complexity index is 953. The number of carbonyl (C=O) groups excluding carboxylic acids is 1. The summed E-state index contributed by atoms with van der Waals surface area (Å²) in [6.45, 7) is 3.43. The molecule has 3 aliphatic rings. The van der Waals surface area contributed by atoms with Crippen LogP contribution < -0.4 is 5.56 Å². The third-order valence-corrected chi connectivity index (χ3v) is 6.70. The normalized spacial score (nSPS) is 26.6. The van der Waals surface area contributed by atoms with Gasteiger partial charge in [-0.3, -0.25) is 19.6 Å². The molecule has 0 saturated carbocycles. The van der Waals surface area contributed by atoms with E-state index in [1.54, 1.807) is 17.2 Å². The number of aliphatic hydroxyl groups excluding tert-OH is 1. The van der Waals surface area contributed by atoms with Crippen molar-refractivity contribution in [2.24, 2.45) is 11.3 Å². The lowest BCUT2D eigenvalue weighted by Gasteiger charge is -2.27. The molecule has 2 fully saturated rings. The molecule has 1 amide bonds. The third kappa shape index (κ3) is 2.79. The van der Waals surface area contributed by atoms with Crippen LogP contribution in [0.4, 0.5) is 0 Å². The van der Waals surface area contributed by atoms with E-state index in [1.165, 1.54) is 0 Å². The van der Waals surface area contributed by atoms with Crippen molar-refractivity contribution in [1.82, 2.24) is 25.0 Å². The van der Waals surface area contributed by atoms with Crippen LogP contribution in [-0.2, 0) is 19.4 Å². The van der Waals surface area contributed by atoms with Crippen molar-refractivity contribution in [2.45, 2.75) is 25.8 Å². The van der Waals surface area contributed by atoms with Gasteiger partial charge in [0.1, 0.15) is 5.56 Å². The Kier molecular flexibility index (Phi) is 4.13. The number of likely N-dealkylation sites (tertiary alicyclic amines) is 2. The van der Waals surface area contributed by atoms with E-state index in [4.69, 9.17) is 0 Å². The SMILES string of the molecule is O=C(c1cc2c([nH]c1=O)CCC2)N1CC2CN(Cc3ccn[nH]3)CC2(CO)C1. The molecule has 2 aromatic rings. The van der Waals surface area contributed by atoms with Gasteiger partial charge in [0, 0.05) is 55.7 Å².